The van der Waals surface area contributed by atoms with E-state index in [0.717, 1.165) is 36.1 Å². The lowest BCUT2D eigenvalue weighted by molar-refractivity contribution is 0.0597. The summed E-state index contributed by atoms with van der Waals surface area (Å²) in [5.74, 6) is 1.08. The molecular weight excluding hydrogens is 364 g/mol. The minimum Gasteiger partial charge on any atom is -0.496 e. The summed E-state index contributed by atoms with van der Waals surface area (Å²) in [6, 6.07) is 24.0. The highest BCUT2D eigenvalue weighted by Crippen LogP contribution is 2.24. The maximum atomic E-state index is 11.8. The molecule has 0 aromatic heterocycles. The molecule has 0 unspecified atom stereocenters. The average molecular weight is 390 g/mol. The van der Waals surface area contributed by atoms with Crippen LogP contribution in [0.1, 0.15) is 33.5 Å². The van der Waals surface area contributed by atoms with Crippen LogP contribution in [0.25, 0.3) is 0 Å². The Balaban J connectivity index is 1.60. The van der Waals surface area contributed by atoms with Crippen LogP contribution in [0.5, 0.6) is 11.5 Å². The van der Waals surface area contributed by atoms with E-state index in [1.165, 1.54) is 12.7 Å². The van der Waals surface area contributed by atoms with Gasteiger partial charge in [-0.15, -0.1) is 0 Å². The molecule has 0 aliphatic rings. The predicted molar refractivity (Wildman–Crippen MR) is 114 cm³/mol. The fourth-order valence-corrected chi connectivity index (χ4v) is 3.24. The zero-order valence-electron chi connectivity index (χ0n) is 16.9. The Morgan fingerprint density at radius 3 is 2.31 bits per heavy atom. The van der Waals surface area contributed by atoms with Crippen molar-refractivity contribution in [1.29, 1.82) is 0 Å². The molecule has 0 radical (unpaired) electrons. The Morgan fingerprint density at radius 2 is 1.55 bits per heavy atom. The van der Waals surface area contributed by atoms with Crippen LogP contribution in [-0.4, -0.2) is 20.2 Å². The third-order valence-electron chi connectivity index (χ3n) is 4.79. The lowest BCUT2D eigenvalue weighted by atomic mass is 10.0. The number of para-hydroxylation sites is 1. The van der Waals surface area contributed by atoms with Crippen LogP contribution >= 0.6 is 0 Å². The third kappa shape index (κ3) is 5.61. The first-order valence-electron chi connectivity index (χ1n) is 9.71. The fraction of sp³-hybridized carbons (Fsp3) is 0.240. The Morgan fingerprint density at radius 1 is 0.793 bits per heavy atom. The van der Waals surface area contributed by atoms with Crippen LogP contribution in [0.2, 0.25) is 0 Å². The maximum absolute atomic E-state index is 11.8. The van der Waals surface area contributed by atoms with Crippen molar-refractivity contribution in [2.75, 3.05) is 14.2 Å². The smallest absolute Gasteiger partial charge is 0.341 e. The summed E-state index contributed by atoms with van der Waals surface area (Å²) >= 11 is 0. The minimum absolute atomic E-state index is 0.391. The van der Waals surface area contributed by atoms with Crippen molar-refractivity contribution in [1.82, 2.24) is 0 Å². The summed E-state index contributed by atoms with van der Waals surface area (Å²) < 4.78 is 16.2. The lowest BCUT2D eigenvalue weighted by Gasteiger charge is -2.12. The molecular formula is C25H26O4. The first-order chi connectivity index (χ1) is 14.2. The lowest BCUT2D eigenvalue weighted by Crippen LogP contribution is -2.04. The van der Waals surface area contributed by atoms with E-state index in [0.29, 0.717) is 17.9 Å². The second-order valence-corrected chi connectivity index (χ2v) is 6.76. The minimum atomic E-state index is -0.391. The predicted octanol–water partition coefficient (Wildman–Crippen LogP) is 5.24. The van der Waals surface area contributed by atoms with Crippen LogP contribution in [0, 0.1) is 0 Å². The highest BCUT2D eigenvalue weighted by molar-refractivity contribution is 5.92. The molecule has 0 heterocycles. The molecule has 0 bridgehead atoms. The van der Waals surface area contributed by atoms with Crippen LogP contribution in [0.15, 0.2) is 72.8 Å². The SMILES string of the molecule is COC(=O)c1ccc(CCCc2ccccc2OCc2ccccc2)cc1OC. The molecule has 0 aliphatic heterocycles. The van der Waals surface area contributed by atoms with Gasteiger partial charge in [-0.2, -0.15) is 0 Å². The summed E-state index contributed by atoms with van der Waals surface area (Å²) in [4.78, 5) is 11.8. The van der Waals surface area contributed by atoms with Crippen molar-refractivity contribution < 1.29 is 19.0 Å². The largest absolute Gasteiger partial charge is 0.496 e. The number of methoxy groups -OCH3 is 2. The van der Waals surface area contributed by atoms with Crippen molar-refractivity contribution in [3.05, 3.63) is 95.1 Å². The second kappa shape index (κ2) is 10.3. The van der Waals surface area contributed by atoms with Crippen molar-refractivity contribution in [2.24, 2.45) is 0 Å². The number of carbonyl (C=O) groups is 1. The van der Waals surface area contributed by atoms with Gasteiger partial charge in [-0.05, 0) is 54.2 Å². The highest BCUT2D eigenvalue weighted by Gasteiger charge is 2.13. The summed E-state index contributed by atoms with van der Waals surface area (Å²) in [6.07, 6.45) is 2.75. The van der Waals surface area contributed by atoms with Gasteiger partial charge in [-0.3, -0.25) is 0 Å². The molecule has 0 spiro atoms. The van der Waals surface area contributed by atoms with Crippen LogP contribution < -0.4 is 9.47 Å². The Labute approximate surface area is 172 Å². The van der Waals surface area contributed by atoms with E-state index >= 15 is 0 Å². The van der Waals surface area contributed by atoms with E-state index in [4.69, 9.17) is 14.2 Å². The molecule has 0 aliphatic carbocycles. The zero-order chi connectivity index (χ0) is 20.5. The Bertz CT molecular complexity index is 935. The van der Waals surface area contributed by atoms with Crippen molar-refractivity contribution in [3.8, 4) is 11.5 Å². The number of hydrogen-bond acceptors (Lipinski definition) is 4. The molecule has 150 valence electrons. The molecule has 0 atom stereocenters. The summed E-state index contributed by atoms with van der Waals surface area (Å²) in [5, 5.41) is 0. The van der Waals surface area contributed by atoms with Gasteiger partial charge in [0.15, 0.2) is 0 Å². The second-order valence-electron chi connectivity index (χ2n) is 6.76. The van der Waals surface area contributed by atoms with Gasteiger partial charge in [0.2, 0.25) is 0 Å². The Hall–Kier alpha value is -3.27. The van der Waals surface area contributed by atoms with E-state index in [2.05, 4.69) is 18.2 Å². The molecule has 3 rings (SSSR count). The van der Waals surface area contributed by atoms with Crippen molar-refractivity contribution in [3.63, 3.8) is 0 Å². The van der Waals surface area contributed by atoms with E-state index in [9.17, 15) is 4.79 Å². The van der Waals surface area contributed by atoms with Crippen LogP contribution in [0.4, 0.5) is 0 Å². The van der Waals surface area contributed by atoms with Gasteiger partial charge in [-0.1, -0.05) is 54.6 Å². The third-order valence-corrected chi connectivity index (χ3v) is 4.79. The maximum Gasteiger partial charge on any atom is 0.341 e. The number of ether oxygens (including phenoxy) is 3. The van der Waals surface area contributed by atoms with E-state index < -0.39 is 5.97 Å². The summed E-state index contributed by atoms with van der Waals surface area (Å²) in [7, 11) is 2.93. The molecule has 4 heteroatoms. The monoisotopic (exact) mass is 390 g/mol. The molecule has 0 fully saturated rings. The number of rotatable bonds is 9. The number of carbonyl (C=O) groups excluding carboxylic acids is 1. The topological polar surface area (TPSA) is 44.8 Å². The highest BCUT2D eigenvalue weighted by atomic mass is 16.5. The van der Waals surface area contributed by atoms with Gasteiger partial charge < -0.3 is 14.2 Å². The fourth-order valence-electron chi connectivity index (χ4n) is 3.24. The molecule has 0 saturated carbocycles. The first kappa shape index (κ1) is 20.5. The van der Waals surface area contributed by atoms with Gasteiger partial charge >= 0.3 is 5.97 Å². The molecule has 3 aromatic rings. The van der Waals surface area contributed by atoms with Crippen molar-refractivity contribution in [2.45, 2.75) is 25.9 Å². The van der Waals surface area contributed by atoms with Gasteiger partial charge in [0.05, 0.1) is 14.2 Å². The number of hydrogen-bond donors (Lipinski definition) is 0. The molecule has 0 saturated heterocycles. The van der Waals surface area contributed by atoms with Gasteiger partial charge in [-0.25, -0.2) is 4.79 Å². The van der Waals surface area contributed by atoms with E-state index in [1.807, 2.05) is 48.5 Å². The molecule has 29 heavy (non-hydrogen) atoms. The number of aryl methyl sites for hydroxylation is 2. The van der Waals surface area contributed by atoms with Gasteiger partial charge in [0, 0.05) is 0 Å². The standard InChI is InChI=1S/C25H26O4/c1-27-24-17-19(15-16-22(24)25(26)28-2)11-8-13-21-12-6-7-14-23(21)29-18-20-9-4-3-5-10-20/h3-7,9-10,12,14-17H,8,11,13,18H2,1-2H3. The van der Waals surface area contributed by atoms with Gasteiger partial charge in [0.25, 0.3) is 0 Å². The number of esters is 1. The Kier molecular flexibility index (Phi) is 7.28. The average Bonchev–Trinajstić information content (AvgIpc) is 2.78. The van der Waals surface area contributed by atoms with E-state index in [1.54, 1.807) is 13.2 Å². The van der Waals surface area contributed by atoms with Crippen LogP contribution in [0.3, 0.4) is 0 Å². The number of benzene rings is 3. The molecule has 0 N–H and O–H groups in total. The van der Waals surface area contributed by atoms with Crippen molar-refractivity contribution >= 4 is 5.97 Å². The quantitative estimate of drug-likeness (QED) is 0.469. The molecule has 3 aromatic carbocycles. The zero-order valence-corrected chi connectivity index (χ0v) is 16.9. The summed E-state index contributed by atoms with van der Waals surface area (Å²) in [6.45, 7) is 0.560. The van der Waals surface area contributed by atoms with Gasteiger partial charge in [0.1, 0.15) is 23.7 Å². The van der Waals surface area contributed by atoms with Crippen LogP contribution in [-0.2, 0) is 24.2 Å². The normalized spacial score (nSPS) is 10.4. The summed E-state index contributed by atoms with van der Waals surface area (Å²) in [5.41, 5.74) is 3.91. The molecule has 4 nitrogen and oxygen atoms in total. The van der Waals surface area contributed by atoms with E-state index in [-0.39, 0.29) is 0 Å². The first-order valence-corrected chi connectivity index (χ1v) is 9.71. The molecule has 0 amide bonds.